The summed E-state index contributed by atoms with van der Waals surface area (Å²) in [6.45, 7) is 2.55. The van der Waals surface area contributed by atoms with Gasteiger partial charge in [0.05, 0.1) is 43.2 Å². The summed E-state index contributed by atoms with van der Waals surface area (Å²) in [5.74, 6) is 2.05. The third-order valence-electron chi connectivity index (χ3n) is 7.04. The van der Waals surface area contributed by atoms with Gasteiger partial charge in [-0.05, 0) is 56.3 Å². The van der Waals surface area contributed by atoms with Crippen molar-refractivity contribution in [2.24, 2.45) is 0 Å². The fourth-order valence-electron chi connectivity index (χ4n) is 4.72. The number of hydrogen-bond acceptors (Lipinski definition) is 9. The largest absolute Gasteiger partial charge is 0.493 e. The lowest BCUT2D eigenvalue weighted by atomic mass is 10.2. The summed E-state index contributed by atoms with van der Waals surface area (Å²) >= 11 is 0. The second-order valence-corrected chi connectivity index (χ2v) is 12.7. The van der Waals surface area contributed by atoms with Crippen molar-refractivity contribution in [2.45, 2.75) is 19.4 Å². The Morgan fingerprint density at radius 1 is 0.976 bits per heavy atom. The highest BCUT2D eigenvalue weighted by Crippen LogP contribution is 2.35. The SMILES string of the molecule is COc1cc2c(Nc3ccc4c(cnn4Cc4ccccc4)c3)ncnc2cc1OCCCCN(C)CCS(C)(=O)=O. The summed E-state index contributed by atoms with van der Waals surface area (Å²) in [4.78, 5) is 11.0. The van der Waals surface area contributed by atoms with E-state index in [1.807, 2.05) is 59.2 Å². The van der Waals surface area contributed by atoms with Crippen molar-refractivity contribution in [1.82, 2.24) is 24.6 Å². The third-order valence-corrected chi connectivity index (χ3v) is 7.96. The predicted molar refractivity (Wildman–Crippen MR) is 167 cm³/mol. The Morgan fingerprint density at radius 2 is 1.81 bits per heavy atom. The molecule has 2 heterocycles. The lowest BCUT2D eigenvalue weighted by Gasteiger charge is -2.16. The summed E-state index contributed by atoms with van der Waals surface area (Å²) in [5.41, 5.74) is 3.88. The topological polar surface area (TPSA) is 111 Å². The van der Waals surface area contributed by atoms with Crippen LogP contribution in [0.3, 0.4) is 0 Å². The molecule has 0 fully saturated rings. The Morgan fingerprint density at radius 3 is 2.60 bits per heavy atom. The Balaban J connectivity index is 1.24. The number of ether oxygens (including phenoxy) is 2. The molecule has 11 heteroatoms. The molecule has 0 saturated carbocycles. The zero-order valence-electron chi connectivity index (χ0n) is 24.2. The van der Waals surface area contributed by atoms with Crippen LogP contribution in [-0.2, 0) is 16.4 Å². The molecule has 0 spiro atoms. The molecule has 1 N–H and O–H groups in total. The van der Waals surface area contributed by atoms with Crippen LogP contribution in [0.25, 0.3) is 21.8 Å². The van der Waals surface area contributed by atoms with Crippen molar-refractivity contribution >= 4 is 43.1 Å². The molecule has 0 unspecified atom stereocenters. The number of nitrogens with one attached hydrogen (secondary N) is 1. The van der Waals surface area contributed by atoms with Crippen LogP contribution in [0.4, 0.5) is 11.5 Å². The van der Waals surface area contributed by atoms with E-state index in [1.165, 1.54) is 18.1 Å². The minimum atomic E-state index is -2.95. The van der Waals surface area contributed by atoms with Gasteiger partial charge in [-0.3, -0.25) is 4.68 Å². The van der Waals surface area contributed by atoms with Gasteiger partial charge in [0.2, 0.25) is 0 Å². The summed E-state index contributed by atoms with van der Waals surface area (Å²) in [5, 5.41) is 9.87. The van der Waals surface area contributed by atoms with Crippen molar-refractivity contribution in [3.05, 3.63) is 78.8 Å². The first-order valence-corrected chi connectivity index (χ1v) is 15.9. The van der Waals surface area contributed by atoms with Crippen LogP contribution in [0.2, 0.25) is 0 Å². The van der Waals surface area contributed by atoms with Gasteiger partial charge < -0.3 is 19.7 Å². The first-order chi connectivity index (χ1) is 20.3. The van der Waals surface area contributed by atoms with Gasteiger partial charge in [-0.15, -0.1) is 0 Å². The lowest BCUT2D eigenvalue weighted by molar-refractivity contribution is 0.272. The molecule has 5 rings (SSSR count). The standard InChI is InChI=1S/C31H36N6O4S/c1-36(14-16-42(3,38)39)13-7-8-15-41-30-19-27-26(18-29(30)40-2)31(33-22-32-27)35-25-11-12-28-24(17-25)20-34-37(28)21-23-9-5-4-6-10-23/h4-6,9-12,17-20,22H,7-8,13-16,21H2,1-3H3,(H,32,33,35). The quantitative estimate of drug-likeness (QED) is 0.181. The number of methoxy groups -OCH3 is 1. The van der Waals surface area contributed by atoms with Crippen LogP contribution >= 0.6 is 0 Å². The van der Waals surface area contributed by atoms with E-state index in [1.54, 1.807) is 7.11 Å². The van der Waals surface area contributed by atoms with Gasteiger partial charge in [-0.1, -0.05) is 30.3 Å². The second-order valence-electron chi connectivity index (χ2n) is 10.4. The van der Waals surface area contributed by atoms with Crippen LogP contribution in [0.15, 0.2) is 73.2 Å². The first kappa shape index (κ1) is 29.3. The number of benzene rings is 3. The van der Waals surface area contributed by atoms with Gasteiger partial charge in [0, 0.05) is 35.3 Å². The molecular formula is C31H36N6O4S. The average molecular weight is 589 g/mol. The number of rotatable bonds is 14. The van der Waals surface area contributed by atoms with Gasteiger partial charge in [0.25, 0.3) is 0 Å². The van der Waals surface area contributed by atoms with Crippen LogP contribution in [0.5, 0.6) is 11.5 Å². The van der Waals surface area contributed by atoms with Crippen molar-refractivity contribution in [1.29, 1.82) is 0 Å². The molecule has 0 saturated heterocycles. The Bertz CT molecular complexity index is 1760. The molecule has 0 aliphatic heterocycles. The van der Waals surface area contributed by atoms with Crippen molar-refractivity contribution < 1.29 is 17.9 Å². The van der Waals surface area contributed by atoms with E-state index in [2.05, 4.69) is 44.6 Å². The first-order valence-electron chi connectivity index (χ1n) is 13.9. The van der Waals surface area contributed by atoms with Crippen LogP contribution in [-0.4, -0.2) is 78.9 Å². The zero-order valence-corrected chi connectivity index (χ0v) is 25.0. The van der Waals surface area contributed by atoms with E-state index in [4.69, 9.17) is 9.47 Å². The van der Waals surface area contributed by atoms with E-state index < -0.39 is 9.84 Å². The number of nitrogens with zero attached hydrogens (tertiary/aromatic N) is 5. The second kappa shape index (κ2) is 13.2. The molecule has 3 aromatic carbocycles. The monoisotopic (exact) mass is 588 g/mol. The molecule has 5 aromatic rings. The molecular weight excluding hydrogens is 552 g/mol. The number of fused-ring (bicyclic) bond motifs is 2. The van der Waals surface area contributed by atoms with Gasteiger partial charge in [-0.2, -0.15) is 5.10 Å². The highest BCUT2D eigenvalue weighted by atomic mass is 32.2. The molecule has 2 aromatic heterocycles. The summed E-state index contributed by atoms with van der Waals surface area (Å²) in [6, 6.07) is 20.2. The van der Waals surface area contributed by atoms with E-state index in [0.29, 0.717) is 37.0 Å². The third kappa shape index (κ3) is 7.54. The molecule has 42 heavy (non-hydrogen) atoms. The lowest BCUT2D eigenvalue weighted by Crippen LogP contribution is -2.26. The number of sulfone groups is 1. The highest BCUT2D eigenvalue weighted by Gasteiger charge is 2.13. The Labute approximate surface area is 246 Å². The van der Waals surface area contributed by atoms with Gasteiger partial charge in [0.15, 0.2) is 11.5 Å². The molecule has 0 bridgehead atoms. The fourth-order valence-corrected chi connectivity index (χ4v) is 5.36. The number of anilines is 2. The Kier molecular flexibility index (Phi) is 9.19. The molecule has 0 atom stereocenters. The average Bonchev–Trinajstić information content (AvgIpc) is 3.37. The molecule has 0 radical (unpaired) electrons. The highest BCUT2D eigenvalue weighted by molar-refractivity contribution is 7.90. The maximum Gasteiger partial charge on any atom is 0.163 e. The molecule has 0 aliphatic rings. The fraction of sp³-hybridized carbons (Fsp3) is 0.323. The van der Waals surface area contributed by atoms with E-state index >= 15 is 0 Å². The van der Waals surface area contributed by atoms with E-state index in [0.717, 1.165) is 46.9 Å². The van der Waals surface area contributed by atoms with Crippen LogP contribution in [0.1, 0.15) is 18.4 Å². The number of hydrogen-bond donors (Lipinski definition) is 1. The van der Waals surface area contributed by atoms with Gasteiger partial charge >= 0.3 is 0 Å². The van der Waals surface area contributed by atoms with Crippen molar-refractivity contribution in [3.63, 3.8) is 0 Å². The normalized spacial score (nSPS) is 11.8. The smallest absolute Gasteiger partial charge is 0.163 e. The molecule has 220 valence electrons. The zero-order chi connectivity index (χ0) is 29.5. The summed E-state index contributed by atoms with van der Waals surface area (Å²) in [6.07, 6.45) is 6.39. The van der Waals surface area contributed by atoms with Gasteiger partial charge in [-0.25, -0.2) is 18.4 Å². The van der Waals surface area contributed by atoms with Crippen LogP contribution in [0, 0.1) is 0 Å². The minimum Gasteiger partial charge on any atom is -0.493 e. The van der Waals surface area contributed by atoms with E-state index in [9.17, 15) is 8.42 Å². The van der Waals surface area contributed by atoms with Crippen molar-refractivity contribution in [2.75, 3.05) is 51.2 Å². The molecule has 0 aliphatic carbocycles. The minimum absolute atomic E-state index is 0.168. The number of unbranched alkanes of at least 4 members (excludes halogenated alkanes) is 1. The predicted octanol–water partition coefficient (Wildman–Crippen LogP) is 4.92. The maximum absolute atomic E-state index is 11.4. The number of aromatic nitrogens is 4. The van der Waals surface area contributed by atoms with E-state index in [-0.39, 0.29) is 5.75 Å². The van der Waals surface area contributed by atoms with Crippen molar-refractivity contribution in [3.8, 4) is 11.5 Å². The Hall–Kier alpha value is -4.22. The summed E-state index contributed by atoms with van der Waals surface area (Å²) < 4.78 is 36.4. The van der Waals surface area contributed by atoms with Crippen LogP contribution < -0.4 is 14.8 Å². The summed E-state index contributed by atoms with van der Waals surface area (Å²) in [7, 11) is 0.591. The maximum atomic E-state index is 11.4. The molecule has 10 nitrogen and oxygen atoms in total. The molecule has 0 amide bonds. The van der Waals surface area contributed by atoms with Gasteiger partial charge in [0.1, 0.15) is 22.0 Å².